The van der Waals surface area contributed by atoms with E-state index < -0.39 is 5.82 Å². The highest BCUT2D eigenvalue weighted by molar-refractivity contribution is 6.02. The molecule has 2 N–H and O–H groups in total. The van der Waals surface area contributed by atoms with E-state index in [2.05, 4.69) is 25.1 Å². The summed E-state index contributed by atoms with van der Waals surface area (Å²) in [6.45, 7) is 5.38. The fraction of sp³-hybridized carbons (Fsp3) is 0.292. The third kappa shape index (κ3) is 3.74. The average Bonchev–Trinajstić information content (AvgIpc) is 3.32. The first-order valence-corrected chi connectivity index (χ1v) is 10.8. The van der Waals surface area contributed by atoms with Crippen LogP contribution < -0.4 is 15.8 Å². The maximum atomic E-state index is 15.3. The number of aromatic amines is 1. The summed E-state index contributed by atoms with van der Waals surface area (Å²) in [6, 6.07) is 8.80. The molecule has 0 radical (unpaired) electrons. The summed E-state index contributed by atoms with van der Waals surface area (Å²) in [4.78, 5) is 35.6. The molecule has 0 aliphatic carbocycles. The molecular weight excluding hydrogens is 425 g/mol. The van der Waals surface area contributed by atoms with Crippen LogP contribution in [-0.2, 0) is 6.54 Å². The van der Waals surface area contributed by atoms with E-state index in [0.29, 0.717) is 34.2 Å². The molecule has 4 heterocycles. The van der Waals surface area contributed by atoms with Crippen LogP contribution >= 0.6 is 0 Å². The van der Waals surface area contributed by atoms with Crippen molar-refractivity contribution in [3.63, 3.8) is 0 Å². The lowest BCUT2D eigenvalue weighted by Crippen LogP contribution is -2.46. The predicted octanol–water partition coefficient (Wildman–Crippen LogP) is 2.80. The second kappa shape index (κ2) is 8.32. The van der Waals surface area contributed by atoms with Crippen molar-refractivity contribution in [1.82, 2.24) is 20.2 Å². The number of furan rings is 1. The Balaban J connectivity index is 1.31. The number of carbonyl (C=O) groups is 1. The first-order chi connectivity index (χ1) is 16.0. The van der Waals surface area contributed by atoms with Crippen LogP contribution in [0.5, 0.6) is 0 Å². The molecule has 1 aliphatic rings. The lowest BCUT2D eigenvalue weighted by Gasteiger charge is -2.36. The zero-order valence-corrected chi connectivity index (χ0v) is 18.4. The van der Waals surface area contributed by atoms with Crippen LogP contribution in [0.1, 0.15) is 21.7 Å². The Hall–Kier alpha value is -3.72. The Labute approximate surface area is 189 Å². The molecule has 5 rings (SSSR count). The van der Waals surface area contributed by atoms with Crippen molar-refractivity contribution in [2.24, 2.45) is 0 Å². The van der Waals surface area contributed by atoms with Gasteiger partial charge in [0.25, 0.3) is 11.5 Å². The van der Waals surface area contributed by atoms with Gasteiger partial charge in [0.05, 0.1) is 28.5 Å². The van der Waals surface area contributed by atoms with Crippen LogP contribution in [0.3, 0.4) is 0 Å². The standard InChI is InChI=1S/C24H24FN5O3/c1-14-19(6-5-18(27-14)24(32)26-2)30-10-8-29(9-11-30)13-15-3-4-16-21(20(15)25)28-23(31)17-7-12-33-22(16)17/h3-7,12H,8-11,13H2,1-2H3,(H,26,32)(H,28,31). The van der Waals surface area contributed by atoms with Gasteiger partial charge in [-0.15, -0.1) is 0 Å². The van der Waals surface area contributed by atoms with E-state index in [1.165, 1.54) is 6.26 Å². The number of piperazine rings is 1. The number of amides is 1. The average molecular weight is 449 g/mol. The van der Waals surface area contributed by atoms with Crippen LogP contribution in [-0.4, -0.2) is 54.0 Å². The number of aromatic nitrogens is 2. The van der Waals surface area contributed by atoms with Crippen LogP contribution in [0.4, 0.5) is 10.1 Å². The van der Waals surface area contributed by atoms with Gasteiger partial charge in [-0.3, -0.25) is 14.5 Å². The fourth-order valence-corrected chi connectivity index (χ4v) is 4.46. The van der Waals surface area contributed by atoms with E-state index in [4.69, 9.17) is 4.42 Å². The number of fused-ring (bicyclic) bond motifs is 3. The summed E-state index contributed by atoms with van der Waals surface area (Å²) in [5.41, 5.74) is 2.95. The highest BCUT2D eigenvalue weighted by Crippen LogP contribution is 2.27. The summed E-state index contributed by atoms with van der Waals surface area (Å²) in [5, 5.41) is 3.56. The molecule has 3 aromatic heterocycles. The van der Waals surface area contributed by atoms with Crippen LogP contribution in [0.25, 0.3) is 21.9 Å². The van der Waals surface area contributed by atoms with Crippen molar-refractivity contribution in [1.29, 1.82) is 0 Å². The zero-order chi connectivity index (χ0) is 23.1. The van der Waals surface area contributed by atoms with Gasteiger partial charge in [-0.25, -0.2) is 9.37 Å². The summed E-state index contributed by atoms with van der Waals surface area (Å²) >= 11 is 0. The van der Waals surface area contributed by atoms with Gasteiger partial charge in [0.1, 0.15) is 11.3 Å². The Morgan fingerprint density at radius 3 is 2.67 bits per heavy atom. The second-order valence-electron chi connectivity index (χ2n) is 8.22. The van der Waals surface area contributed by atoms with Crippen molar-refractivity contribution in [2.75, 3.05) is 38.1 Å². The molecule has 4 aromatic rings. The number of hydrogen-bond acceptors (Lipinski definition) is 6. The molecule has 33 heavy (non-hydrogen) atoms. The van der Waals surface area contributed by atoms with Gasteiger partial charge in [0, 0.05) is 50.7 Å². The first kappa shape index (κ1) is 21.1. The summed E-state index contributed by atoms with van der Waals surface area (Å²) in [6.07, 6.45) is 1.44. The fourth-order valence-electron chi connectivity index (χ4n) is 4.46. The Morgan fingerprint density at radius 1 is 1.15 bits per heavy atom. The minimum absolute atomic E-state index is 0.177. The van der Waals surface area contributed by atoms with Gasteiger partial charge in [0.15, 0.2) is 5.82 Å². The van der Waals surface area contributed by atoms with E-state index >= 15 is 4.39 Å². The molecule has 9 heteroatoms. The summed E-state index contributed by atoms with van der Waals surface area (Å²) in [7, 11) is 1.58. The largest absolute Gasteiger partial charge is 0.463 e. The number of rotatable bonds is 4. The van der Waals surface area contributed by atoms with E-state index in [1.807, 2.05) is 13.0 Å². The van der Waals surface area contributed by atoms with Gasteiger partial charge < -0.3 is 19.6 Å². The maximum absolute atomic E-state index is 15.3. The first-order valence-electron chi connectivity index (χ1n) is 10.8. The second-order valence-corrected chi connectivity index (χ2v) is 8.22. The lowest BCUT2D eigenvalue weighted by molar-refractivity contribution is 0.0958. The van der Waals surface area contributed by atoms with Gasteiger partial charge in [-0.1, -0.05) is 6.07 Å². The highest BCUT2D eigenvalue weighted by atomic mass is 19.1. The maximum Gasteiger partial charge on any atom is 0.269 e. The molecule has 1 fully saturated rings. The minimum Gasteiger partial charge on any atom is -0.463 e. The highest BCUT2D eigenvalue weighted by Gasteiger charge is 2.22. The van der Waals surface area contributed by atoms with Gasteiger partial charge >= 0.3 is 0 Å². The molecule has 0 unspecified atom stereocenters. The van der Waals surface area contributed by atoms with Gasteiger partial charge in [-0.05, 0) is 31.2 Å². The van der Waals surface area contributed by atoms with E-state index in [-0.39, 0.29) is 17.0 Å². The lowest BCUT2D eigenvalue weighted by atomic mass is 10.1. The summed E-state index contributed by atoms with van der Waals surface area (Å²) < 4.78 is 20.7. The van der Waals surface area contributed by atoms with Crippen molar-refractivity contribution >= 4 is 33.5 Å². The number of anilines is 1. The molecule has 170 valence electrons. The quantitative estimate of drug-likeness (QED) is 0.498. The third-order valence-electron chi connectivity index (χ3n) is 6.24. The number of aryl methyl sites for hydroxylation is 1. The Kier molecular flexibility index (Phi) is 5.33. The molecule has 1 saturated heterocycles. The smallest absolute Gasteiger partial charge is 0.269 e. The molecule has 0 saturated carbocycles. The van der Waals surface area contributed by atoms with Crippen molar-refractivity contribution < 1.29 is 13.6 Å². The van der Waals surface area contributed by atoms with Crippen molar-refractivity contribution in [3.05, 3.63) is 69.7 Å². The number of hydrogen-bond donors (Lipinski definition) is 2. The zero-order valence-electron chi connectivity index (χ0n) is 18.4. The van der Waals surface area contributed by atoms with Crippen LogP contribution in [0.15, 0.2) is 45.8 Å². The molecule has 0 atom stereocenters. The molecule has 1 aromatic carbocycles. The van der Waals surface area contributed by atoms with Gasteiger partial charge in [0.2, 0.25) is 0 Å². The Bertz CT molecular complexity index is 1420. The molecule has 0 spiro atoms. The van der Waals surface area contributed by atoms with Crippen LogP contribution in [0, 0.1) is 12.7 Å². The molecule has 8 nitrogen and oxygen atoms in total. The summed E-state index contributed by atoms with van der Waals surface area (Å²) in [5.74, 6) is -0.629. The van der Waals surface area contributed by atoms with E-state index in [0.717, 1.165) is 37.6 Å². The van der Waals surface area contributed by atoms with Gasteiger partial charge in [-0.2, -0.15) is 0 Å². The number of benzene rings is 1. The topological polar surface area (TPSA) is 94.5 Å². The van der Waals surface area contributed by atoms with Crippen molar-refractivity contribution in [3.8, 4) is 0 Å². The third-order valence-corrected chi connectivity index (χ3v) is 6.24. The monoisotopic (exact) mass is 449 g/mol. The Morgan fingerprint density at radius 2 is 1.94 bits per heavy atom. The number of carbonyl (C=O) groups excluding carboxylic acids is 1. The van der Waals surface area contributed by atoms with Crippen LogP contribution in [0.2, 0.25) is 0 Å². The molecular formula is C24H24FN5O3. The predicted molar refractivity (Wildman–Crippen MR) is 124 cm³/mol. The number of halogens is 1. The van der Waals surface area contributed by atoms with E-state index in [9.17, 15) is 9.59 Å². The molecule has 0 bridgehead atoms. The molecule has 1 aliphatic heterocycles. The normalized spacial score (nSPS) is 14.8. The van der Waals surface area contributed by atoms with E-state index in [1.54, 1.807) is 31.3 Å². The van der Waals surface area contributed by atoms with Crippen molar-refractivity contribution in [2.45, 2.75) is 13.5 Å². The number of nitrogens with zero attached hydrogens (tertiary/aromatic N) is 3. The SMILES string of the molecule is CNC(=O)c1ccc(N2CCN(Cc3ccc4c([nH]c(=O)c5ccoc54)c3F)CC2)c(C)n1. The number of nitrogens with one attached hydrogen (secondary N) is 2. The molecule has 1 amide bonds. The minimum atomic E-state index is -0.421. The number of pyridine rings is 2. The number of H-pyrrole nitrogens is 1.